The molecule has 2 rings (SSSR count). The number of carbonyl (C=O) groups is 1. The summed E-state index contributed by atoms with van der Waals surface area (Å²) in [6, 6.07) is 8.77. The van der Waals surface area contributed by atoms with E-state index in [0.717, 1.165) is 32.1 Å². The number of guanidine groups is 1. The van der Waals surface area contributed by atoms with E-state index in [0.29, 0.717) is 12.3 Å². The van der Waals surface area contributed by atoms with Crippen molar-refractivity contribution in [1.82, 2.24) is 10.6 Å². The smallest absolute Gasteiger partial charge is 0.280 e. The summed E-state index contributed by atoms with van der Waals surface area (Å²) in [7, 11) is 0. The Morgan fingerprint density at radius 3 is 2.45 bits per heavy atom. The number of aliphatic imine (C=N–C) groups is 2. The first-order valence-corrected chi connectivity index (χ1v) is 10.0. The average Bonchev–Trinajstić information content (AvgIpc) is 2.65. The number of rotatable bonds is 8. The molecule has 1 amide bonds. The van der Waals surface area contributed by atoms with Crippen LogP contribution in [0.15, 0.2) is 45.8 Å². The fourth-order valence-corrected chi connectivity index (χ4v) is 2.96. The number of nitrogens with one attached hydrogen (secondary N) is 2. The number of hydrogen-bond acceptors (Lipinski definition) is 6. The number of hydrogen-bond donors (Lipinski definition) is 5. The number of nitrogens with two attached hydrogens (primary N) is 3. The summed E-state index contributed by atoms with van der Waals surface area (Å²) in [5.41, 5.74) is 20.1. The number of unbranched alkanes of at least 4 members (excludes halogenated alkanes) is 1. The summed E-state index contributed by atoms with van der Waals surface area (Å²) in [5, 5.41) is 5.38. The van der Waals surface area contributed by atoms with Crippen molar-refractivity contribution in [2.24, 2.45) is 27.2 Å². The summed E-state index contributed by atoms with van der Waals surface area (Å²) >= 11 is 0. The zero-order valence-corrected chi connectivity index (χ0v) is 17.6. The van der Waals surface area contributed by atoms with Gasteiger partial charge in [0.25, 0.3) is 5.91 Å². The van der Waals surface area contributed by atoms with Crippen LogP contribution in [0.2, 0.25) is 0 Å². The molecule has 1 atom stereocenters. The standard InChI is InChI=1S/C21H33N7O/c1-4-7-15-9-11-16(12-10-15)8-5-6-13-25-20(23)27-19(29)17-18(22)28-21(3,24)14(2)26-17/h9-12,28H,4-8,13,22,24H2,1-3H3,(H3,23,25,27,29). The molecule has 1 aromatic rings. The number of nitrogens with zero attached hydrogens (tertiary/aromatic N) is 2. The molecule has 0 fully saturated rings. The lowest BCUT2D eigenvalue weighted by molar-refractivity contribution is -0.116. The molecule has 0 aromatic heterocycles. The first kappa shape index (κ1) is 22.4. The van der Waals surface area contributed by atoms with Gasteiger partial charge in [-0.2, -0.15) is 0 Å². The Hall–Kier alpha value is -2.87. The van der Waals surface area contributed by atoms with Gasteiger partial charge in [-0.15, -0.1) is 0 Å². The highest BCUT2D eigenvalue weighted by Gasteiger charge is 2.30. The minimum absolute atomic E-state index is 0.0492. The van der Waals surface area contributed by atoms with Crippen molar-refractivity contribution in [3.8, 4) is 0 Å². The summed E-state index contributed by atoms with van der Waals surface area (Å²) in [4.78, 5) is 20.7. The van der Waals surface area contributed by atoms with E-state index >= 15 is 0 Å². The highest BCUT2D eigenvalue weighted by Crippen LogP contribution is 2.13. The molecule has 0 spiro atoms. The molecule has 0 radical (unpaired) electrons. The zero-order valence-electron chi connectivity index (χ0n) is 17.6. The lowest BCUT2D eigenvalue weighted by atomic mass is 10.0. The van der Waals surface area contributed by atoms with E-state index in [-0.39, 0.29) is 17.5 Å². The van der Waals surface area contributed by atoms with Crippen molar-refractivity contribution >= 4 is 17.6 Å². The fourth-order valence-electron chi connectivity index (χ4n) is 2.96. The van der Waals surface area contributed by atoms with E-state index in [1.807, 2.05) is 0 Å². The summed E-state index contributed by atoms with van der Waals surface area (Å²) in [5.74, 6) is -0.359. The third kappa shape index (κ3) is 6.60. The highest BCUT2D eigenvalue weighted by atomic mass is 16.2. The third-order valence-electron chi connectivity index (χ3n) is 4.85. The van der Waals surface area contributed by atoms with Crippen LogP contribution in [0.1, 0.15) is 51.2 Å². The van der Waals surface area contributed by atoms with Crippen molar-refractivity contribution in [2.75, 3.05) is 6.54 Å². The third-order valence-corrected chi connectivity index (χ3v) is 4.85. The van der Waals surface area contributed by atoms with E-state index in [1.165, 1.54) is 11.1 Å². The molecule has 8 heteroatoms. The molecule has 1 aliphatic rings. The van der Waals surface area contributed by atoms with E-state index in [2.05, 4.69) is 51.8 Å². The summed E-state index contributed by atoms with van der Waals surface area (Å²) in [6.07, 6.45) is 5.15. The normalized spacial score (nSPS) is 19.6. The van der Waals surface area contributed by atoms with Gasteiger partial charge in [-0.1, -0.05) is 37.6 Å². The van der Waals surface area contributed by atoms with Gasteiger partial charge in [0, 0.05) is 6.54 Å². The van der Waals surface area contributed by atoms with Crippen LogP contribution in [0.3, 0.4) is 0 Å². The van der Waals surface area contributed by atoms with Gasteiger partial charge >= 0.3 is 0 Å². The lowest BCUT2D eigenvalue weighted by Crippen LogP contribution is -2.59. The molecule has 1 unspecified atom stereocenters. The van der Waals surface area contributed by atoms with Crippen molar-refractivity contribution in [2.45, 2.75) is 58.5 Å². The Balaban J connectivity index is 1.77. The number of carbonyl (C=O) groups excluding carboxylic acids is 1. The molecule has 0 aliphatic carbocycles. The van der Waals surface area contributed by atoms with Crippen LogP contribution in [-0.2, 0) is 17.6 Å². The second-order valence-electron chi connectivity index (χ2n) is 7.53. The average molecular weight is 400 g/mol. The molecule has 158 valence electrons. The molecule has 8 nitrogen and oxygen atoms in total. The molecule has 0 saturated heterocycles. The van der Waals surface area contributed by atoms with Crippen LogP contribution in [0.5, 0.6) is 0 Å². The molecule has 1 heterocycles. The van der Waals surface area contributed by atoms with Gasteiger partial charge in [-0.3, -0.25) is 15.1 Å². The van der Waals surface area contributed by atoms with Crippen LogP contribution in [0.25, 0.3) is 0 Å². The Labute approximate surface area is 172 Å². The van der Waals surface area contributed by atoms with Crippen LogP contribution in [-0.4, -0.2) is 29.8 Å². The van der Waals surface area contributed by atoms with E-state index in [9.17, 15) is 4.79 Å². The van der Waals surface area contributed by atoms with Crippen LogP contribution >= 0.6 is 0 Å². The molecule has 8 N–H and O–H groups in total. The number of benzene rings is 1. The SMILES string of the molecule is CCCc1ccc(CCCCN=C(N)NC(=O)C2=C(N)NC(C)(N)C(C)=N2)cc1. The topological polar surface area (TPSA) is 144 Å². The first-order chi connectivity index (χ1) is 13.7. The minimum atomic E-state index is -0.885. The van der Waals surface area contributed by atoms with E-state index in [1.54, 1.807) is 13.8 Å². The van der Waals surface area contributed by atoms with Crippen LogP contribution in [0, 0.1) is 0 Å². The Kier molecular flexibility index (Phi) is 7.78. The minimum Gasteiger partial charge on any atom is -0.384 e. The van der Waals surface area contributed by atoms with Crippen molar-refractivity contribution in [3.05, 3.63) is 46.9 Å². The molecule has 1 aliphatic heterocycles. The maximum Gasteiger partial charge on any atom is 0.280 e. The maximum absolute atomic E-state index is 12.3. The van der Waals surface area contributed by atoms with Crippen molar-refractivity contribution < 1.29 is 4.79 Å². The molecular formula is C21H33N7O. The predicted octanol–water partition coefficient (Wildman–Crippen LogP) is 1.26. The van der Waals surface area contributed by atoms with Crippen molar-refractivity contribution in [1.29, 1.82) is 0 Å². The molecule has 0 saturated carbocycles. The second kappa shape index (κ2) is 10.1. The van der Waals surface area contributed by atoms with E-state index < -0.39 is 11.6 Å². The summed E-state index contributed by atoms with van der Waals surface area (Å²) in [6.45, 7) is 6.17. The Bertz CT molecular complexity index is 807. The Morgan fingerprint density at radius 1 is 1.21 bits per heavy atom. The van der Waals surface area contributed by atoms with Gasteiger partial charge in [0.05, 0.1) is 5.71 Å². The van der Waals surface area contributed by atoms with Crippen molar-refractivity contribution in [3.63, 3.8) is 0 Å². The fraction of sp³-hybridized carbons (Fsp3) is 0.476. The Morgan fingerprint density at radius 2 is 1.83 bits per heavy atom. The number of amides is 1. The second-order valence-corrected chi connectivity index (χ2v) is 7.53. The highest BCUT2D eigenvalue weighted by molar-refractivity contribution is 6.07. The van der Waals surface area contributed by atoms with Gasteiger partial charge in [0.15, 0.2) is 11.7 Å². The molecule has 0 bridgehead atoms. The van der Waals surface area contributed by atoms with Gasteiger partial charge in [0.1, 0.15) is 11.5 Å². The number of aryl methyl sites for hydroxylation is 2. The monoisotopic (exact) mass is 399 g/mol. The van der Waals surface area contributed by atoms with Gasteiger partial charge in [-0.25, -0.2) is 4.99 Å². The first-order valence-electron chi connectivity index (χ1n) is 10.0. The lowest BCUT2D eigenvalue weighted by Gasteiger charge is -2.31. The predicted molar refractivity (Wildman–Crippen MR) is 118 cm³/mol. The quantitative estimate of drug-likeness (QED) is 0.254. The van der Waals surface area contributed by atoms with E-state index in [4.69, 9.17) is 17.2 Å². The zero-order chi connectivity index (χ0) is 21.4. The largest absolute Gasteiger partial charge is 0.384 e. The van der Waals surface area contributed by atoms with Gasteiger partial charge in [0.2, 0.25) is 0 Å². The summed E-state index contributed by atoms with van der Waals surface area (Å²) < 4.78 is 0. The molecule has 1 aromatic carbocycles. The van der Waals surface area contributed by atoms with Gasteiger partial charge in [-0.05, 0) is 50.7 Å². The van der Waals surface area contributed by atoms with Crippen LogP contribution in [0.4, 0.5) is 0 Å². The molecule has 29 heavy (non-hydrogen) atoms. The maximum atomic E-state index is 12.3. The molecular weight excluding hydrogens is 366 g/mol. The van der Waals surface area contributed by atoms with Gasteiger partial charge < -0.3 is 22.5 Å². The van der Waals surface area contributed by atoms with Crippen LogP contribution < -0.4 is 27.8 Å².